The third-order valence-electron chi connectivity index (χ3n) is 4.05. The maximum Gasteiger partial charge on any atom is 0.254 e. The van der Waals surface area contributed by atoms with Crippen molar-refractivity contribution in [3.05, 3.63) is 40.4 Å². The Bertz CT molecular complexity index is 737. The molecule has 1 aromatic carbocycles. The van der Waals surface area contributed by atoms with Gasteiger partial charge in [-0.25, -0.2) is 4.98 Å². The first-order valence-corrected chi connectivity index (χ1v) is 7.56. The van der Waals surface area contributed by atoms with E-state index in [4.69, 9.17) is 14.5 Å². The first-order chi connectivity index (χ1) is 10.7. The molecule has 1 aliphatic rings. The summed E-state index contributed by atoms with van der Waals surface area (Å²) in [6.07, 6.45) is 4.14. The Morgan fingerprint density at radius 3 is 2.64 bits per heavy atom. The van der Waals surface area contributed by atoms with E-state index < -0.39 is 0 Å². The number of aryl methyl sites for hydroxylation is 1. The average molecular weight is 300 g/mol. The van der Waals surface area contributed by atoms with Crippen LogP contribution in [-0.2, 0) is 13.0 Å². The summed E-state index contributed by atoms with van der Waals surface area (Å²) in [6.45, 7) is 0.771. The Balaban J connectivity index is 2.07. The number of hydrogen-bond acceptors (Lipinski definition) is 4. The Morgan fingerprint density at radius 1 is 1.05 bits per heavy atom. The molecule has 0 saturated heterocycles. The second kappa shape index (κ2) is 6.22. The van der Waals surface area contributed by atoms with E-state index in [0.29, 0.717) is 17.2 Å². The molecule has 0 atom stereocenters. The van der Waals surface area contributed by atoms with E-state index in [1.807, 2.05) is 18.2 Å². The zero-order valence-corrected chi connectivity index (χ0v) is 13.0. The highest BCUT2D eigenvalue weighted by atomic mass is 16.5. The minimum absolute atomic E-state index is 0.0247. The predicted octanol–water partition coefficient (Wildman–Crippen LogP) is 2.65. The molecule has 0 spiro atoms. The lowest BCUT2D eigenvalue weighted by atomic mass is 10.1. The van der Waals surface area contributed by atoms with Crippen molar-refractivity contribution in [2.75, 3.05) is 14.2 Å². The van der Waals surface area contributed by atoms with E-state index in [1.54, 1.807) is 24.9 Å². The largest absolute Gasteiger partial charge is 0.493 e. The smallest absolute Gasteiger partial charge is 0.254 e. The monoisotopic (exact) mass is 300 g/mol. The zero-order valence-electron chi connectivity index (χ0n) is 13.0. The summed E-state index contributed by atoms with van der Waals surface area (Å²) in [7, 11) is 3.20. The van der Waals surface area contributed by atoms with Crippen LogP contribution in [0.3, 0.4) is 0 Å². The van der Waals surface area contributed by atoms with Crippen molar-refractivity contribution in [2.45, 2.75) is 32.2 Å². The molecule has 0 fully saturated rings. The van der Waals surface area contributed by atoms with Crippen molar-refractivity contribution >= 4 is 0 Å². The number of benzene rings is 1. The Morgan fingerprint density at radius 2 is 1.86 bits per heavy atom. The fourth-order valence-corrected chi connectivity index (χ4v) is 2.86. The molecular weight excluding hydrogens is 280 g/mol. The van der Waals surface area contributed by atoms with Crippen molar-refractivity contribution in [1.82, 2.24) is 9.55 Å². The van der Waals surface area contributed by atoms with Gasteiger partial charge in [0.2, 0.25) is 0 Å². The van der Waals surface area contributed by atoms with Gasteiger partial charge in [-0.3, -0.25) is 9.36 Å². The normalized spacial score (nSPS) is 14.1. The van der Waals surface area contributed by atoms with E-state index >= 15 is 0 Å². The van der Waals surface area contributed by atoms with E-state index in [2.05, 4.69) is 0 Å². The van der Waals surface area contributed by atoms with Crippen molar-refractivity contribution in [1.29, 1.82) is 0 Å². The third kappa shape index (κ3) is 2.71. The summed E-state index contributed by atoms with van der Waals surface area (Å²) in [4.78, 5) is 17.1. The zero-order chi connectivity index (χ0) is 15.5. The van der Waals surface area contributed by atoms with Crippen molar-refractivity contribution in [2.24, 2.45) is 0 Å². The number of ether oxygens (including phenoxy) is 2. The Hall–Kier alpha value is -2.30. The van der Waals surface area contributed by atoms with Gasteiger partial charge in [0.25, 0.3) is 5.56 Å². The number of hydrogen-bond donors (Lipinski definition) is 0. The number of rotatable bonds is 3. The van der Waals surface area contributed by atoms with Crippen LogP contribution < -0.4 is 15.0 Å². The summed E-state index contributed by atoms with van der Waals surface area (Å²) in [5.41, 5.74) is 1.58. The van der Waals surface area contributed by atoms with Crippen LogP contribution in [0.2, 0.25) is 0 Å². The molecule has 5 nitrogen and oxygen atoms in total. The Kier molecular flexibility index (Phi) is 4.13. The van der Waals surface area contributed by atoms with Gasteiger partial charge in [0.05, 0.1) is 19.9 Å². The van der Waals surface area contributed by atoms with Gasteiger partial charge < -0.3 is 9.47 Å². The van der Waals surface area contributed by atoms with Gasteiger partial charge in [0.15, 0.2) is 11.5 Å². The second-order valence-corrected chi connectivity index (χ2v) is 5.43. The number of nitrogens with zero attached hydrogens (tertiary/aromatic N) is 2. The SMILES string of the molecule is COc1ccc(-c2cc(=O)n3c(n2)CCCCC3)cc1OC. The van der Waals surface area contributed by atoms with Gasteiger partial charge in [0, 0.05) is 24.6 Å². The van der Waals surface area contributed by atoms with Gasteiger partial charge in [0.1, 0.15) is 5.82 Å². The molecule has 0 radical (unpaired) electrons. The van der Waals surface area contributed by atoms with Crippen LogP contribution in [0.5, 0.6) is 11.5 Å². The molecule has 2 heterocycles. The quantitative estimate of drug-likeness (QED) is 0.874. The van der Waals surface area contributed by atoms with Gasteiger partial charge in [-0.2, -0.15) is 0 Å². The number of methoxy groups -OCH3 is 2. The van der Waals surface area contributed by atoms with Crippen LogP contribution >= 0.6 is 0 Å². The molecule has 3 rings (SSSR count). The van der Waals surface area contributed by atoms with Gasteiger partial charge in [-0.05, 0) is 31.0 Å². The van der Waals surface area contributed by atoms with Crippen LogP contribution in [0.25, 0.3) is 11.3 Å². The molecule has 0 N–H and O–H groups in total. The molecule has 116 valence electrons. The van der Waals surface area contributed by atoms with Crippen LogP contribution in [0.15, 0.2) is 29.1 Å². The Labute approximate surface area is 129 Å². The summed E-state index contributed by atoms with van der Waals surface area (Å²) in [6, 6.07) is 7.19. The molecular formula is C17H20N2O3. The molecule has 2 aromatic rings. The second-order valence-electron chi connectivity index (χ2n) is 5.43. The van der Waals surface area contributed by atoms with Crippen molar-refractivity contribution < 1.29 is 9.47 Å². The summed E-state index contributed by atoms with van der Waals surface area (Å²) < 4.78 is 12.4. The summed E-state index contributed by atoms with van der Waals surface area (Å²) in [5.74, 6) is 2.18. The first-order valence-electron chi connectivity index (χ1n) is 7.56. The molecule has 0 bridgehead atoms. The predicted molar refractivity (Wildman–Crippen MR) is 84.6 cm³/mol. The molecule has 22 heavy (non-hydrogen) atoms. The first kappa shape index (κ1) is 14.6. The topological polar surface area (TPSA) is 53.4 Å². The summed E-state index contributed by atoms with van der Waals surface area (Å²) >= 11 is 0. The molecule has 5 heteroatoms. The number of fused-ring (bicyclic) bond motifs is 1. The summed E-state index contributed by atoms with van der Waals surface area (Å²) in [5, 5.41) is 0. The van der Waals surface area contributed by atoms with Crippen molar-refractivity contribution in [3.63, 3.8) is 0 Å². The van der Waals surface area contributed by atoms with Crippen LogP contribution in [0, 0.1) is 0 Å². The minimum atomic E-state index is 0.0247. The molecule has 0 saturated carbocycles. The number of aromatic nitrogens is 2. The van der Waals surface area contributed by atoms with E-state index in [0.717, 1.165) is 43.6 Å². The van der Waals surface area contributed by atoms with Crippen molar-refractivity contribution in [3.8, 4) is 22.8 Å². The fraction of sp³-hybridized carbons (Fsp3) is 0.412. The van der Waals surface area contributed by atoms with Crippen LogP contribution in [-0.4, -0.2) is 23.8 Å². The highest BCUT2D eigenvalue weighted by Gasteiger charge is 2.14. The lowest BCUT2D eigenvalue weighted by Crippen LogP contribution is -2.23. The molecule has 0 aliphatic carbocycles. The van der Waals surface area contributed by atoms with E-state index in [9.17, 15) is 4.79 Å². The molecule has 1 aliphatic heterocycles. The maximum absolute atomic E-state index is 12.4. The lowest BCUT2D eigenvalue weighted by molar-refractivity contribution is 0.355. The van der Waals surface area contributed by atoms with Gasteiger partial charge in [-0.1, -0.05) is 6.42 Å². The lowest BCUT2D eigenvalue weighted by Gasteiger charge is -2.12. The molecule has 0 unspecified atom stereocenters. The minimum Gasteiger partial charge on any atom is -0.493 e. The molecule has 0 amide bonds. The van der Waals surface area contributed by atoms with Crippen LogP contribution in [0.1, 0.15) is 25.1 Å². The highest BCUT2D eigenvalue weighted by Crippen LogP contribution is 2.31. The fourth-order valence-electron chi connectivity index (χ4n) is 2.86. The maximum atomic E-state index is 12.4. The molecule has 1 aromatic heterocycles. The van der Waals surface area contributed by atoms with Crippen LogP contribution in [0.4, 0.5) is 0 Å². The standard InChI is InChI=1S/C17H20N2O3/c1-21-14-8-7-12(10-15(14)22-2)13-11-17(20)19-9-5-3-4-6-16(19)18-13/h7-8,10-11H,3-6,9H2,1-2H3. The van der Waals surface area contributed by atoms with Gasteiger partial charge in [-0.15, -0.1) is 0 Å². The third-order valence-corrected chi connectivity index (χ3v) is 4.05. The highest BCUT2D eigenvalue weighted by molar-refractivity contribution is 5.63. The van der Waals surface area contributed by atoms with Gasteiger partial charge >= 0.3 is 0 Å². The van der Waals surface area contributed by atoms with E-state index in [1.165, 1.54) is 0 Å². The average Bonchev–Trinajstić information content (AvgIpc) is 2.80. The van der Waals surface area contributed by atoms with E-state index in [-0.39, 0.29) is 5.56 Å².